The molecule has 1 aromatic heterocycles. The van der Waals surface area contributed by atoms with Crippen LogP contribution in [0.3, 0.4) is 0 Å². The first-order valence-corrected chi connectivity index (χ1v) is 6.51. The van der Waals surface area contributed by atoms with Gasteiger partial charge in [0.1, 0.15) is 5.69 Å². The van der Waals surface area contributed by atoms with Crippen LogP contribution in [0.25, 0.3) is 21.9 Å². The number of fused-ring (bicyclic) bond motifs is 1. The summed E-state index contributed by atoms with van der Waals surface area (Å²) >= 11 is 0. The van der Waals surface area contributed by atoms with Crippen molar-refractivity contribution >= 4 is 16.7 Å². The first-order valence-electron chi connectivity index (χ1n) is 6.51. The van der Waals surface area contributed by atoms with Gasteiger partial charge in [-0.2, -0.15) is 0 Å². The van der Waals surface area contributed by atoms with Crippen molar-refractivity contribution in [2.24, 2.45) is 7.05 Å². The van der Waals surface area contributed by atoms with E-state index in [1.807, 2.05) is 30.3 Å². The number of carboxylic acids is 1. The molecular weight excluding hydrogens is 266 g/mol. The Balaban J connectivity index is 2.57. The van der Waals surface area contributed by atoms with E-state index < -0.39 is 5.97 Å². The van der Waals surface area contributed by atoms with Gasteiger partial charge in [-0.05, 0) is 17.0 Å². The Bertz CT molecular complexity index is 895. The van der Waals surface area contributed by atoms with Crippen LogP contribution in [0.4, 0.5) is 0 Å². The maximum absolute atomic E-state index is 12.3. The van der Waals surface area contributed by atoms with Gasteiger partial charge >= 0.3 is 5.97 Å². The third-order valence-electron chi connectivity index (χ3n) is 3.57. The van der Waals surface area contributed by atoms with Gasteiger partial charge in [0, 0.05) is 18.0 Å². The molecule has 2 aromatic carbocycles. The Labute approximate surface area is 120 Å². The molecule has 0 spiro atoms. The van der Waals surface area contributed by atoms with Crippen molar-refractivity contribution < 1.29 is 9.90 Å². The molecule has 3 rings (SSSR count). The quantitative estimate of drug-likeness (QED) is 0.784. The summed E-state index contributed by atoms with van der Waals surface area (Å²) in [5.41, 5.74) is 1.05. The van der Waals surface area contributed by atoms with E-state index in [0.717, 1.165) is 5.56 Å². The Kier molecular flexibility index (Phi) is 3.06. The SMILES string of the molecule is Cn1c(C(=O)O)c(-c2ccccc2)c2ccccc2c1=O. The lowest BCUT2D eigenvalue weighted by molar-refractivity contribution is 0.0686. The van der Waals surface area contributed by atoms with Gasteiger partial charge < -0.3 is 9.67 Å². The number of nitrogens with zero attached hydrogens (tertiary/aromatic N) is 1. The largest absolute Gasteiger partial charge is 0.477 e. The van der Waals surface area contributed by atoms with E-state index in [1.54, 1.807) is 24.3 Å². The second-order valence-electron chi connectivity index (χ2n) is 4.80. The first-order chi connectivity index (χ1) is 10.1. The summed E-state index contributed by atoms with van der Waals surface area (Å²) in [6.45, 7) is 0. The fraction of sp³-hybridized carbons (Fsp3) is 0.0588. The van der Waals surface area contributed by atoms with Crippen LogP contribution in [-0.2, 0) is 7.05 Å². The highest BCUT2D eigenvalue weighted by atomic mass is 16.4. The average molecular weight is 279 g/mol. The highest BCUT2D eigenvalue weighted by Gasteiger charge is 2.20. The highest BCUT2D eigenvalue weighted by Crippen LogP contribution is 2.30. The number of carboxylic acid groups (broad SMARTS) is 1. The fourth-order valence-electron chi connectivity index (χ4n) is 2.61. The Morgan fingerprint density at radius 1 is 0.952 bits per heavy atom. The average Bonchev–Trinajstić information content (AvgIpc) is 2.51. The zero-order valence-corrected chi connectivity index (χ0v) is 11.4. The standard InChI is InChI=1S/C17H13NO3/c1-18-15(17(20)21)14(11-7-3-2-4-8-11)12-9-5-6-10-13(12)16(18)19/h2-10H,1H3,(H,20,21). The van der Waals surface area contributed by atoms with Gasteiger partial charge in [-0.25, -0.2) is 4.79 Å². The van der Waals surface area contributed by atoms with E-state index in [2.05, 4.69) is 0 Å². The van der Waals surface area contributed by atoms with Gasteiger partial charge in [-0.3, -0.25) is 4.79 Å². The number of aromatic nitrogens is 1. The molecule has 0 aliphatic heterocycles. The molecule has 21 heavy (non-hydrogen) atoms. The summed E-state index contributed by atoms with van der Waals surface area (Å²) in [7, 11) is 1.49. The summed E-state index contributed by atoms with van der Waals surface area (Å²) in [6.07, 6.45) is 0. The van der Waals surface area contributed by atoms with Crippen LogP contribution in [0.1, 0.15) is 10.5 Å². The highest BCUT2D eigenvalue weighted by molar-refractivity contribution is 6.06. The van der Waals surface area contributed by atoms with E-state index in [9.17, 15) is 14.7 Å². The van der Waals surface area contributed by atoms with E-state index in [1.165, 1.54) is 11.6 Å². The number of hydrogen-bond donors (Lipinski definition) is 1. The van der Waals surface area contributed by atoms with Crippen LogP contribution in [0.2, 0.25) is 0 Å². The monoisotopic (exact) mass is 279 g/mol. The zero-order valence-electron chi connectivity index (χ0n) is 11.4. The molecule has 0 aliphatic rings. The minimum absolute atomic E-state index is 0.00454. The van der Waals surface area contributed by atoms with Crippen LogP contribution in [0.15, 0.2) is 59.4 Å². The molecule has 0 saturated carbocycles. The molecule has 4 heteroatoms. The van der Waals surface area contributed by atoms with Crippen LogP contribution < -0.4 is 5.56 Å². The molecule has 0 fully saturated rings. The van der Waals surface area contributed by atoms with Crippen LogP contribution in [-0.4, -0.2) is 15.6 Å². The van der Waals surface area contributed by atoms with Crippen molar-refractivity contribution in [2.75, 3.05) is 0 Å². The third-order valence-corrected chi connectivity index (χ3v) is 3.57. The van der Waals surface area contributed by atoms with Gasteiger partial charge in [0.2, 0.25) is 0 Å². The molecule has 4 nitrogen and oxygen atoms in total. The summed E-state index contributed by atoms with van der Waals surface area (Å²) in [4.78, 5) is 24.0. The minimum atomic E-state index is -1.11. The second kappa shape index (κ2) is 4.90. The molecule has 0 unspecified atom stereocenters. The van der Waals surface area contributed by atoms with Crippen molar-refractivity contribution in [3.63, 3.8) is 0 Å². The van der Waals surface area contributed by atoms with Crippen LogP contribution in [0.5, 0.6) is 0 Å². The Hall–Kier alpha value is -2.88. The summed E-state index contributed by atoms with van der Waals surface area (Å²) < 4.78 is 1.20. The van der Waals surface area contributed by atoms with Gasteiger partial charge in [-0.1, -0.05) is 48.5 Å². The predicted molar refractivity (Wildman–Crippen MR) is 81.6 cm³/mol. The van der Waals surface area contributed by atoms with Gasteiger partial charge in [0.25, 0.3) is 5.56 Å². The lowest BCUT2D eigenvalue weighted by Gasteiger charge is -2.14. The van der Waals surface area contributed by atoms with Crippen molar-refractivity contribution in [3.8, 4) is 11.1 Å². The molecule has 0 saturated heterocycles. The third kappa shape index (κ3) is 2.01. The molecule has 0 bridgehead atoms. The zero-order chi connectivity index (χ0) is 15.0. The molecule has 1 N–H and O–H groups in total. The van der Waals surface area contributed by atoms with Crippen molar-refractivity contribution in [1.29, 1.82) is 0 Å². The van der Waals surface area contributed by atoms with Crippen molar-refractivity contribution in [2.45, 2.75) is 0 Å². The van der Waals surface area contributed by atoms with Crippen molar-refractivity contribution in [1.82, 2.24) is 4.57 Å². The topological polar surface area (TPSA) is 59.3 Å². The molecule has 3 aromatic rings. The van der Waals surface area contributed by atoms with E-state index in [-0.39, 0.29) is 11.3 Å². The lowest BCUT2D eigenvalue weighted by atomic mass is 9.97. The number of benzene rings is 2. The number of carbonyl (C=O) groups is 1. The molecule has 0 amide bonds. The Morgan fingerprint density at radius 2 is 1.52 bits per heavy atom. The normalized spacial score (nSPS) is 10.7. The number of pyridine rings is 1. The lowest BCUT2D eigenvalue weighted by Crippen LogP contribution is -2.24. The van der Waals surface area contributed by atoms with Crippen LogP contribution in [0, 0.1) is 0 Å². The van der Waals surface area contributed by atoms with E-state index >= 15 is 0 Å². The summed E-state index contributed by atoms with van der Waals surface area (Å²) in [5, 5.41) is 10.7. The maximum atomic E-state index is 12.3. The maximum Gasteiger partial charge on any atom is 0.353 e. The summed E-state index contributed by atoms with van der Waals surface area (Å²) in [5.74, 6) is -1.11. The molecular formula is C17H13NO3. The molecule has 0 atom stereocenters. The van der Waals surface area contributed by atoms with Gasteiger partial charge in [-0.15, -0.1) is 0 Å². The van der Waals surface area contributed by atoms with E-state index in [4.69, 9.17) is 0 Å². The molecule has 1 heterocycles. The number of aromatic carboxylic acids is 1. The van der Waals surface area contributed by atoms with Gasteiger partial charge in [0.05, 0.1) is 0 Å². The number of rotatable bonds is 2. The number of hydrogen-bond acceptors (Lipinski definition) is 2. The van der Waals surface area contributed by atoms with Crippen molar-refractivity contribution in [3.05, 3.63) is 70.6 Å². The molecule has 0 radical (unpaired) electrons. The fourth-order valence-corrected chi connectivity index (χ4v) is 2.61. The predicted octanol–water partition coefficient (Wildman–Crippen LogP) is 2.90. The second-order valence-corrected chi connectivity index (χ2v) is 4.80. The Morgan fingerprint density at radius 3 is 2.14 bits per heavy atom. The molecule has 104 valence electrons. The molecule has 0 aliphatic carbocycles. The summed E-state index contributed by atoms with van der Waals surface area (Å²) in [6, 6.07) is 16.3. The van der Waals surface area contributed by atoms with Gasteiger partial charge in [0.15, 0.2) is 0 Å². The van der Waals surface area contributed by atoms with Crippen LogP contribution >= 0.6 is 0 Å². The first kappa shape index (κ1) is 13.1. The van der Waals surface area contributed by atoms with E-state index in [0.29, 0.717) is 16.3 Å². The minimum Gasteiger partial charge on any atom is -0.477 e. The smallest absolute Gasteiger partial charge is 0.353 e.